The number of benzene rings is 3. The van der Waals surface area contributed by atoms with Crippen LogP contribution in [0.5, 0.6) is 0 Å². The summed E-state index contributed by atoms with van der Waals surface area (Å²) in [6.07, 6.45) is 0. The maximum Gasteiger partial charge on any atom is 0.251 e. The fraction of sp³-hybridized carbons (Fsp3) is 0.208. The predicted molar refractivity (Wildman–Crippen MR) is 114 cm³/mol. The molecule has 0 saturated heterocycles. The SMILES string of the molecule is Cc1ccc(SCc2ccc(C(=O)NC[C@@H](C)c3ccccc3)cc2)cc1. The van der Waals surface area contributed by atoms with E-state index >= 15 is 0 Å². The smallest absolute Gasteiger partial charge is 0.251 e. The summed E-state index contributed by atoms with van der Waals surface area (Å²) in [7, 11) is 0. The first-order valence-corrected chi connectivity index (χ1v) is 10.2. The van der Waals surface area contributed by atoms with E-state index in [1.54, 1.807) is 0 Å². The summed E-state index contributed by atoms with van der Waals surface area (Å²) in [6, 6.07) is 26.7. The van der Waals surface area contributed by atoms with Crippen LogP contribution in [-0.2, 0) is 5.75 Å². The Labute approximate surface area is 166 Å². The molecule has 0 radical (unpaired) electrons. The number of hydrogen-bond donors (Lipinski definition) is 1. The lowest BCUT2D eigenvalue weighted by molar-refractivity contribution is 0.0951. The van der Waals surface area contributed by atoms with Crippen molar-refractivity contribution in [3.8, 4) is 0 Å². The number of nitrogens with one attached hydrogen (secondary N) is 1. The largest absolute Gasteiger partial charge is 0.351 e. The molecule has 0 bridgehead atoms. The van der Waals surface area contributed by atoms with Crippen LogP contribution in [0.2, 0.25) is 0 Å². The van der Waals surface area contributed by atoms with E-state index in [9.17, 15) is 4.79 Å². The quantitative estimate of drug-likeness (QED) is 0.527. The number of amides is 1. The second kappa shape index (κ2) is 9.43. The van der Waals surface area contributed by atoms with Gasteiger partial charge in [-0.3, -0.25) is 4.79 Å². The fourth-order valence-electron chi connectivity index (χ4n) is 2.80. The molecule has 0 aromatic heterocycles. The van der Waals surface area contributed by atoms with Gasteiger partial charge in [-0.15, -0.1) is 11.8 Å². The summed E-state index contributed by atoms with van der Waals surface area (Å²) in [5, 5.41) is 3.04. The van der Waals surface area contributed by atoms with E-state index in [2.05, 4.69) is 55.6 Å². The molecule has 3 heteroatoms. The first-order chi connectivity index (χ1) is 13.1. The van der Waals surface area contributed by atoms with Crippen LogP contribution in [0.15, 0.2) is 83.8 Å². The Hall–Kier alpha value is -2.52. The van der Waals surface area contributed by atoms with Gasteiger partial charge >= 0.3 is 0 Å². The number of thioether (sulfide) groups is 1. The maximum atomic E-state index is 12.4. The molecule has 3 aromatic carbocycles. The Kier molecular flexibility index (Phi) is 6.72. The molecule has 0 saturated carbocycles. The lowest BCUT2D eigenvalue weighted by atomic mass is 10.0. The van der Waals surface area contributed by atoms with E-state index in [0.717, 1.165) is 5.75 Å². The molecule has 0 aliphatic rings. The third-order valence-corrected chi connectivity index (χ3v) is 5.66. The Balaban J connectivity index is 1.50. The number of rotatable bonds is 7. The highest BCUT2D eigenvalue weighted by molar-refractivity contribution is 7.98. The third kappa shape index (κ3) is 5.73. The minimum Gasteiger partial charge on any atom is -0.351 e. The molecule has 1 amide bonds. The van der Waals surface area contributed by atoms with Crippen LogP contribution in [0.3, 0.4) is 0 Å². The van der Waals surface area contributed by atoms with Crippen molar-refractivity contribution >= 4 is 17.7 Å². The predicted octanol–water partition coefficient (Wildman–Crippen LogP) is 5.82. The number of carbonyl (C=O) groups is 1. The summed E-state index contributed by atoms with van der Waals surface area (Å²) in [6.45, 7) is 4.85. The molecule has 0 heterocycles. The molecule has 0 fully saturated rings. The Morgan fingerprint density at radius 3 is 2.26 bits per heavy atom. The fourth-order valence-corrected chi connectivity index (χ4v) is 3.66. The summed E-state index contributed by atoms with van der Waals surface area (Å²) >= 11 is 1.81. The second-order valence-corrected chi connectivity index (χ2v) is 7.87. The van der Waals surface area contributed by atoms with Crippen molar-refractivity contribution < 1.29 is 4.79 Å². The monoisotopic (exact) mass is 375 g/mol. The highest BCUT2D eigenvalue weighted by Crippen LogP contribution is 2.23. The Morgan fingerprint density at radius 2 is 1.59 bits per heavy atom. The molecule has 0 aliphatic heterocycles. The lowest BCUT2D eigenvalue weighted by Gasteiger charge is -2.13. The van der Waals surface area contributed by atoms with Crippen molar-refractivity contribution in [3.05, 3.63) is 101 Å². The van der Waals surface area contributed by atoms with Crippen LogP contribution < -0.4 is 5.32 Å². The van der Waals surface area contributed by atoms with Crippen LogP contribution in [0, 0.1) is 6.92 Å². The van der Waals surface area contributed by atoms with E-state index in [0.29, 0.717) is 18.0 Å². The summed E-state index contributed by atoms with van der Waals surface area (Å²) in [5.74, 6) is 1.17. The molecule has 138 valence electrons. The highest BCUT2D eigenvalue weighted by atomic mass is 32.2. The van der Waals surface area contributed by atoms with E-state index in [-0.39, 0.29) is 5.91 Å². The minimum absolute atomic E-state index is 0.0180. The second-order valence-electron chi connectivity index (χ2n) is 6.82. The van der Waals surface area contributed by atoms with Crippen molar-refractivity contribution in [2.24, 2.45) is 0 Å². The van der Waals surface area contributed by atoms with Gasteiger partial charge in [0.1, 0.15) is 0 Å². The van der Waals surface area contributed by atoms with Gasteiger partial charge in [0, 0.05) is 22.8 Å². The van der Waals surface area contributed by atoms with Gasteiger partial charge in [-0.2, -0.15) is 0 Å². The Bertz CT molecular complexity index is 857. The topological polar surface area (TPSA) is 29.1 Å². The van der Waals surface area contributed by atoms with Crippen LogP contribution in [0.1, 0.15) is 39.9 Å². The average molecular weight is 376 g/mol. The molecule has 0 unspecified atom stereocenters. The van der Waals surface area contributed by atoms with E-state index in [4.69, 9.17) is 0 Å². The first kappa shape index (κ1) is 19.2. The van der Waals surface area contributed by atoms with Gasteiger partial charge in [-0.25, -0.2) is 0 Å². The van der Waals surface area contributed by atoms with Gasteiger partial charge in [0.25, 0.3) is 5.91 Å². The number of carbonyl (C=O) groups excluding carboxylic acids is 1. The zero-order valence-electron chi connectivity index (χ0n) is 15.8. The molecule has 0 aliphatic carbocycles. The average Bonchev–Trinajstić information content (AvgIpc) is 2.72. The molecule has 1 atom stereocenters. The van der Waals surface area contributed by atoms with Crippen molar-refractivity contribution in [3.63, 3.8) is 0 Å². The van der Waals surface area contributed by atoms with Gasteiger partial charge in [0.05, 0.1) is 0 Å². The standard InChI is InChI=1S/C24H25NOS/c1-18-8-14-23(15-9-18)27-17-20-10-12-22(13-11-20)24(26)25-16-19(2)21-6-4-3-5-7-21/h3-15,19H,16-17H2,1-2H3,(H,25,26)/t19-/m1/s1. The number of aryl methyl sites for hydroxylation is 1. The molecule has 1 N–H and O–H groups in total. The Morgan fingerprint density at radius 1 is 0.926 bits per heavy atom. The van der Waals surface area contributed by atoms with Crippen LogP contribution in [0.4, 0.5) is 0 Å². The van der Waals surface area contributed by atoms with Crippen molar-refractivity contribution in [2.45, 2.75) is 30.4 Å². The van der Waals surface area contributed by atoms with Crippen LogP contribution in [0.25, 0.3) is 0 Å². The van der Waals surface area contributed by atoms with Gasteiger partial charge in [0.15, 0.2) is 0 Å². The molecule has 3 aromatic rings. The van der Waals surface area contributed by atoms with Crippen molar-refractivity contribution in [1.82, 2.24) is 5.32 Å². The van der Waals surface area contributed by atoms with Gasteiger partial charge in [0.2, 0.25) is 0 Å². The minimum atomic E-state index is -0.0180. The molecule has 2 nitrogen and oxygen atoms in total. The zero-order valence-corrected chi connectivity index (χ0v) is 16.6. The van der Waals surface area contributed by atoms with Crippen LogP contribution in [-0.4, -0.2) is 12.5 Å². The summed E-state index contributed by atoms with van der Waals surface area (Å²) < 4.78 is 0. The molecular formula is C24H25NOS. The maximum absolute atomic E-state index is 12.4. The molecule has 3 rings (SSSR count). The van der Waals surface area contributed by atoms with Gasteiger partial charge in [-0.05, 0) is 48.2 Å². The molecular weight excluding hydrogens is 350 g/mol. The highest BCUT2D eigenvalue weighted by Gasteiger charge is 2.09. The summed E-state index contributed by atoms with van der Waals surface area (Å²) in [4.78, 5) is 13.6. The van der Waals surface area contributed by atoms with E-state index < -0.39 is 0 Å². The van der Waals surface area contributed by atoms with E-state index in [1.807, 2.05) is 54.2 Å². The zero-order chi connectivity index (χ0) is 19.1. The van der Waals surface area contributed by atoms with Crippen molar-refractivity contribution in [2.75, 3.05) is 6.54 Å². The lowest BCUT2D eigenvalue weighted by Crippen LogP contribution is -2.27. The molecule has 0 spiro atoms. The van der Waals surface area contributed by atoms with Crippen LogP contribution >= 0.6 is 11.8 Å². The summed E-state index contributed by atoms with van der Waals surface area (Å²) in [5.41, 5.74) is 4.44. The van der Waals surface area contributed by atoms with Gasteiger partial charge < -0.3 is 5.32 Å². The number of hydrogen-bond acceptors (Lipinski definition) is 2. The first-order valence-electron chi connectivity index (χ1n) is 9.23. The van der Waals surface area contributed by atoms with E-state index in [1.165, 1.54) is 21.6 Å². The molecule has 27 heavy (non-hydrogen) atoms. The third-order valence-electron chi connectivity index (χ3n) is 4.58. The normalized spacial score (nSPS) is 11.8. The van der Waals surface area contributed by atoms with Gasteiger partial charge in [-0.1, -0.05) is 67.1 Å². The van der Waals surface area contributed by atoms with Crippen molar-refractivity contribution in [1.29, 1.82) is 0 Å².